The van der Waals surface area contributed by atoms with Crippen LogP contribution in [0.4, 0.5) is 4.39 Å². The molecule has 0 N–H and O–H groups in total. The van der Waals surface area contributed by atoms with Crippen LogP contribution in [-0.4, -0.2) is 43.2 Å². The van der Waals surface area contributed by atoms with E-state index in [1.165, 1.54) is 51.6 Å². The summed E-state index contributed by atoms with van der Waals surface area (Å²) in [5.74, 6) is 0.883. The van der Waals surface area contributed by atoms with Crippen LogP contribution >= 0.6 is 0 Å². The van der Waals surface area contributed by atoms with Crippen molar-refractivity contribution in [1.29, 1.82) is 0 Å². The highest BCUT2D eigenvalue weighted by Gasteiger charge is 2.29. The van der Waals surface area contributed by atoms with Gasteiger partial charge in [0, 0.05) is 30.6 Å². The van der Waals surface area contributed by atoms with Crippen molar-refractivity contribution in [3.05, 3.63) is 108 Å². The number of halogens is 1. The van der Waals surface area contributed by atoms with Crippen LogP contribution in [0.3, 0.4) is 0 Å². The molecule has 9 nitrogen and oxygen atoms in total. The summed E-state index contributed by atoms with van der Waals surface area (Å²) in [7, 11) is -1.10. The molecule has 4 aromatic carbocycles. The summed E-state index contributed by atoms with van der Waals surface area (Å²) >= 11 is 0. The highest BCUT2D eigenvalue weighted by molar-refractivity contribution is 7.89. The van der Waals surface area contributed by atoms with Crippen LogP contribution in [0.1, 0.15) is 11.1 Å². The van der Waals surface area contributed by atoms with E-state index in [2.05, 4.69) is 5.10 Å². The van der Waals surface area contributed by atoms with Crippen molar-refractivity contribution >= 4 is 27.4 Å². The van der Waals surface area contributed by atoms with Crippen molar-refractivity contribution in [2.75, 3.05) is 14.2 Å². The Morgan fingerprint density at radius 1 is 0.829 bits per heavy atom. The Morgan fingerprint density at radius 3 is 1.90 bits per heavy atom. The predicted octanol–water partition coefficient (Wildman–Crippen LogP) is 5.11. The molecule has 0 aliphatic carbocycles. The van der Waals surface area contributed by atoms with Crippen LogP contribution in [0, 0.1) is 5.82 Å². The van der Waals surface area contributed by atoms with Crippen molar-refractivity contribution in [3.8, 4) is 22.9 Å². The average molecular weight is 576 g/mol. The third-order valence-corrected chi connectivity index (χ3v) is 8.37. The summed E-state index contributed by atoms with van der Waals surface area (Å²) in [6.45, 7) is 0.318. The van der Waals surface area contributed by atoms with E-state index in [0.717, 1.165) is 11.1 Å². The standard InChI is InChI=1S/C30H26FN3O6S/c1-38-25-11-3-21(4-12-25)18-33(19-22-5-13-26(39-2)14-6-22)41(36,37)30-16-27(40-20-35)15-29-28(30)17-32-34(29)24-9-7-23(31)8-10-24/h3-17,20H,18-19H2,1-2H3. The molecule has 5 rings (SSSR count). The van der Waals surface area contributed by atoms with Crippen molar-refractivity contribution in [1.82, 2.24) is 14.1 Å². The minimum atomic E-state index is -4.21. The number of aromatic nitrogens is 2. The number of nitrogens with zero attached hydrogens (tertiary/aromatic N) is 3. The molecule has 210 valence electrons. The molecule has 0 bridgehead atoms. The fourth-order valence-corrected chi connectivity index (χ4v) is 6.05. The van der Waals surface area contributed by atoms with Crippen LogP contribution in [0.15, 0.2) is 96.0 Å². The van der Waals surface area contributed by atoms with E-state index in [4.69, 9.17) is 14.2 Å². The van der Waals surface area contributed by atoms with Crippen LogP contribution in [0.5, 0.6) is 17.2 Å². The Bertz CT molecular complexity index is 1720. The molecule has 11 heteroatoms. The van der Waals surface area contributed by atoms with E-state index in [1.54, 1.807) is 62.8 Å². The van der Waals surface area contributed by atoms with Crippen LogP contribution in [-0.2, 0) is 27.9 Å². The number of rotatable bonds is 11. The lowest BCUT2D eigenvalue weighted by Gasteiger charge is -2.23. The number of sulfonamides is 1. The molecule has 0 fully saturated rings. The zero-order valence-electron chi connectivity index (χ0n) is 22.2. The minimum Gasteiger partial charge on any atom is -0.497 e. The summed E-state index contributed by atoms with van der Waals surface area (Å²) in [4.78, 5) is 11.2. The Morgan fingerprint density at radius 2 is 1.39 bits per heavy atom. The van der Waals surface area contributed by atoms with Crippen LogP contribution in [0.25, 0.3) is 16.6 Å². The topological polar surface area (TPSA) is 100.0 Å². The summed E-state index contributed by atoms with van der Waals surface area (Å²) in [6, 6.07) is 22.6. The third-order valence-electron chi connectivity index (χ3n) is 6.53. The van der Waals surface area contributed by atoms with Crippen LogP contribution in [0.2, 0.25) is 0 Å². The number of methoxy groups -OCH3 is 2. The summed E-state index contributed by atoms with van der Waals surface area (Å²) in [5, 5.41) is 4.68. The van der Waals surface area contributed by atoms with E-state index in [9.17, 15) is 17.6 Å². The van der Waals surface area contributed by atoms with E-state index in [1.807, 2.05) is 0 Å². The monoisotopic (exact) mass is 575 g/mol. The van der Waals surface area contributed by atoms with E-state index in [0.29, 0.717) is 28.1 Å². The van der Waals surface area contributed by atoms with Gasteiger partial charge in [0.2, 0.25) is 10.0 Å². The van der Waals surface area contributed by atoms with E-state index >= 15 is 0 Å². The average Bonchev–Trinajstić information content (AvgIpc) is 3.41. The smallest absolute Gasteiger partial charge is 0.298 e. The third kappa shape index (κ3) is 5.91. The molecule has 0 aliphatic heterocycles. The molecule has 5 aromatic rings. The first-order valence-electron chi connectivity index (χ1n) is 12.5. The first-order chi connectivity index (χ1) is 19.8. The minimum absolute atomic E-state index is 0.0174. The maximum Gasteiger partial charge on any atom is 0.298 e. The van der Waals surface area contributed by atoms with E-state index in [-0.39, 0.29) is 30.2 Å². The second kappa shape index (κ2) is 11.8. The number of ether oxygens (including phenoxy) is 3. The van der Waals surface area contributed by atoms with Gasteiger partial charge < -0.3 is 14.2 Å². The summed E-state index contributed by atoms with van der Waals surface area (Å²) < 4.78 is 60.7. The maximum absolute atomic E-state index is 14.4. The second-order valence-electron chi connectivity index (χ2n) is 9.07. The van der Waals surface area contributed by atoms with Crippen molar-refractivity contribution in [2.45, 2.75) is 18.0 Å². The summed E-state index contributed by atoms with van der Waals surface area (Å²) in [6.07, 6.45) is 1.43. The van der Waals surface area contributed by atoms with Gasteiger partial charge in [-0.2, -0.15) is 9.40 Å². The molecule has 0 spiro atoms. The fourth-order valence-electron chi connectivity index (χ4n) is 4.43. The quantitative estimate of drug-likeness (QED) is 0.202. The molecular formula is C30H26FN3O6S. The van der Waals surface area contributed by atoms with Gasteiger partial charge in [0.25, 0.3) is 6.47 Å². The lowest BCUT2D eigenvalue weighted by molar-refractivity contribution is -0.120. The molecule has 0 radical (unpaired) electrons. The number of hydrogen-bond donors (Lipinski definition) is 0. The molecule has 0 atom stereocenters. The highest BCUT2D eigenvalue weighted by Crippen LogP contribution is 2.33. The maximum atomic E-state index is 14.4. The van der Waals surface area contributed by atoms with Gasteiger partial charge in [0.1, 0.15) is 23.1 Å². The normalized spacial score (nSPS) is 11.5. The van der Waals surface area contributed by atoms with Gasteiger partial charge in [0.05, 0.1) is 36.5 Å². The first kappa shape index (κ1) is 27.8. The molecule has 41 heavy (non-hydrogen) atoms. The molecule has 0 aliphatic rings. The molecule has 0 saturated heterocycles. The van der Waals surface area contributed by atoms with Gasteiger partial charge in [-0.1, -0.05) is 24.3 Å². The molecular weight excluding hydrogens is 549 g/mol. The Kier molecular flexibility index (Phi) is 7.99. The van der Waals surface area contributed by atoms with Crippen molar-refractivity contribution in [2.24, 2.45) is 0 Å². The van der Waals surface area contributed by atoms with Gasteiger partial charge in [-0.05, 0) is 59.7 Å². The Hall–Kier alpha value is -4.74. The number of benzene rings is 4. The van der Waals surface area contributed by atoms with Gasteiger partial charge >= 0.3 is 0 Å². The highest BCUT2D eigenvalue weighted by atomic mass is 32.2. The lowest BCUT2D eigenvalue weighted by atomic mass is 10.2. The SMILES string of the molecule is COc1ccc(CN(Cc2ccc(OC)cc2)S(=O)(=O)c2cc(OC=O)cc3c2cnn3-c2ccc(F)cc2)cc1. The zero-order valence-corrected chi connectivity index (χ0v) is 23.0. The predicted molar refractivity (Wildman–Crippen MR) is 150 cm³/mol. The second-order valence-corrected chi connectivity index (χ2v) is 11.0. The number of hydrogen-bond acceptors (Lipinski definition) is 7. The van der Waals surface area contributed by atoms with Crippen molar-refractivity contribution < 1.29 is 31.8 Å². The van der Waals surface area contributed by atoms with Gasteiger partial charge in [0.15, 0.2) is 0 Å². The zero-order chi connectivity index (χ0) is 29.0. The molecule has 0 saturated carbocycles. The number of fused-ring (bicyclic) bond motifs is 1. The molecule has 0 amide bonds. The summed E-state index contributed by atoms with van der Waals surface area (Å²) in [5.41, 5.74) is 2.34. The molecule has 1 heterocycles. The number of carbonyl (C=O) groups is 1. The largest absolute Gasteiger partial charge is 0.497 e. The van der Waals surface area contributed by atoms with E-state index < -0.39 is 15.8 Å². The van der Waals surface area contributed by atoms with Gasteiger partial charge in [-0.25, -0.2) is 17.5 Å². The van der Waals surface area contributed by atoms with Gasteiger partial charge in [-0.3, -0.25) is 4.79 Å². The van der Waals surface area contributed by atoms with Gasteiger partial charge in [-0.15, -0.1) is 0 Å². The molecule has 1 aromatic heterocycles. The lowest BCUT2D eigenvalue weighted by Crippen LogP contribution is -2.30. The fraction of sp³-hybridized carbons (Fsp3) is 0.133. The first-order valence-corrected chi connectivity index (χ1v) is 13.9. The van der Waals surface area contributed by atoms with Crippen LogP contribution < -0.4 is 14.2 Å². The Balaban J connectivity index is 1.63. The molecule has 0 unspecified atom stereocenters. The Labute approximate surface area is 236 Å². The number of carbonyl (C=O) groups excluding carboxylic acids is 1. The van der Waals surface area contributed by atoms with Crippen molar-refractivity contribution in [3.63, 3.8) is 0 Å².